The SMILES string of the molecule is CC(=O)N1CCN(CC(=O)Nc2ccccc2Cl)CC1. The zero-order valence-corrected chi connectivity index (χ0v) is 12.2. The number of anilines is 1. The summed E-state index contributed by atoms with van der Waals surface area (Å²) in [5.41, 5.74) is 0.626. The molecule has 5 nitrogen and oxygen atoms in total. The highest BCUT2D eigenvalue weighted by Gasteiger charge is 2.20. The first-order valence-electron chi connectivity index (χ1n) is 6.58. The minimum absolute atomic E-state index is 0.0881. The van der Waals surface area contributed by atoms with Crippen molar-refractivity contribution in [3.63, 3.8) is 0 Å². The molecule has 1 aliphatic heterocycles. The lowest BCUT2D eigenvalue weighted by molar-refractivity contribution is -0.130. The van der Waals surface area contributed by atoms with Crippen LogP contribution in [0.2, 0.25) is 5.02 Å². The molecular formula is C14H18ClN3O2. The summed E-state index contributed by atoms with van der Waals surface area (Å²) in [6.07, 6.45) is 0. The molecule has 6 heteroatoms. The Hall–Kier alpha value is -1.59. The van der Waals surface area contributed by atoms with Crippen molar-refractivity contribution in [1.82, 2.24) is 9.80 Å². The van der Waals surface area contributed by atoms with Gasteiger partial charge in [0, 0.05) is 33.1 Å². The van der Waals surface area contributed by atoms with E-state index in [9.17, 15) is 9.59 Å². The minimum atomic E-state index is -0.0885. The van der Waals surface area contributed by atoms with Gasteiger partial charge in [-0.3, -0.25) is 14.5 Å². The fraction of sp³-hybridized carbons (Fsp3) is 0.429. The summed E-state index contributed by atoms with van der Waals surface area (Å²) in [6, 6.07) is 7.16. The molecule has 0 aromatic heterocycles. The van der Waals surface area contributed by atoms with Gasteiger partial charge in [0.1, 0.15) is 0 Å². The normalized spacial score (nSPS) is 16.0. The number of nitrogens with zero attached hydrogens (tertiary/aromatic N) is 2. The number of carbonyl (C=O) groups is 2. The zero-order valence-electron chi connectivity index (χ0n) is 11.4. The number of para-hydroxylation sites is 1. The van der Waals surface area contributed by atoms with Crippen LogP contribution in [0.1, 0.15) is 6.92 Å². The number of halogens is 1. The second-order valence-electron chi connectivity index (χ2n) is 4.81. The van der Waals surface area contributed by atoms with Crippen molar-refractivity contribution >= 4 is 29.1 Å². The van der Waals surface area contributed by atoms with Gasteiger partial charge in [0.15, 0.2) is 0 Å². The molecule has 1 heterocycles. The van der Waals surface area contributed by atoms with Crippen molar-refractivity contribution in [2.75, 3.05) is 38.0 Å². The van der Waals surface area contributed by atoms with E-state index in [-0.39, 0.29) is 11.8 Å². The van der Waals surface area contributed by atoms with Crippen LogP contribution >= 0.6 is 11.6 Å². The van der Waals surface area contributed by atoms with Crippen molar-refractivity contribution < 1.29 is 9.59 Å². The molecule has 1 saturated heterocycles. The van der Waals surface area contributed by atoms with Crippen LogP contribution < -0.4 is 5.32 Å². The molecule has 1 aliphatic rings. The van der Waals surface area contributed by atoms with Crippen molar-refractivity contribution in [2.45, 2.75) is 6.92 Å². The summed E-state index contributed by atoms with van der Waals surface area (Å²) in [7, 11) is 0. The summed E-state index contributed by atoms with van der Waals surface area (Å²) in [6.45, 7) is 4.67. The van der Waals surface area contributed by atoms with Gasteiger partial charge in [0.2, 0.25) is 11.8 Å². The Morgan fingerprint density at radius 3 is 2.45 bits per heavy atom. The van der Waals surface area contributed by atoms with Crippen LogP contribution in [0.15, 0.2) is 24.3 Å². The van der Waals surface area contributed by atoms with Crippen molar-refractivity contribution in [1.29, 1.82) is 0 Å². The molecule has 20 heavy (non-hydrogen) atoms. The minimum Gasteiger partial charge on any atom is -0.340 e. The van der Waals surface area contributed by atoms with Crippen LogP contribution in [-0.4, -0.2) is 54.3 Å². The van der Waals surface area contributed by atoms with Gasteiger partial charge in [-0.2, -0.15) is 0 Å². The van der Waals surface area contributed by atoms with Gasteiger partial charge in [-0.05, 0) is 12.1 Å². The van der Waals surface area contributed by atoms with Crippen LogP contribution in [0.4, 0.5) is 5.69 Å². The number of rotatable bonds is 3. The number of nitrogens with one attached hydrogen (secondary N) is 1. The molecular weight excluding hydrogens is 278 g/mol. The quantitative estimate of drug-likeness (QED) is 0.918. The van der Waals surface area contributed by atoms with E-state index in [4.69, 9.17) is 11.6 Å². The van der Waals surface area contributed by atoms with E-state index in [1.807, 2.05) is 17.0 Å². The second-order valence-corrected chi connectivity index (χ2v) is 5.22. The van der Waals surface area contributed by atoms with Crippen LogP contribution in [-0.2, 0) is 9.59 Å². The van der Waals surface area contributed by atoms with E-state index < -0.39 is 0 Å². The molecule has 0 atom stereocenters. The second kappa shape index (κ2) is 6.72. The third-order valence-corrected chi connectivity index (χ3v) is 3.66. The highest BCUT2D eigenvalue weighted by molar-refractivity contribution is 6.33. The van der Waals surface area contributed by atoms with E-state index in [0.29, 0.717) is 30.3 Å². The van der Waals surface area contributed by atoms with Gasteiger partial charge in [0.25, 0.3) is 0 Å². The molecule has 0 unspecified atom stereocenters. The van der Waals surface area contributed by atoms with Crippen molar-refractivity contribution in [3.8, 4) is 0 Å². The Bertz CT molecular complexity index is 499. The molecule has 2 amide bonds. The van der Waals surface area contributed by atoms with Gasteiger partial charge in [-0.25, -0.2) is 0 Å². The molecule has 108 valence electrons. The van der Waals surface area contributed by atoms with Crippen LogP contribution in [0.25, 0.3) is 0 Å². The standard InChI is InChI=1S/C14H18ClN3O2/c1-11(19)18-8-6-17(7-9-18)10-14(20)16-13-5-3-2-4-12(13)15/h2-5H,6-10H2,1H3,(H,16,20). The van der Waals surface area contributed by atoms with Gasteiger partial charge < -0.3 is 10.2 Å². The molecule has 0 saturated carbocycles. The third-order valence-electron chi connectivity index (χ3n) is 3.33. The maximum atomic E-state index is 12.0. The number of hydrogen-bond acceptors (Lipinski definition) is 3. The summed E-state index contributed by atoms with van der Waals surface area (Å²) in [5, 5.41) is 3.33. The monoisotopic (exact) mass is 295 g/mol. The molecule has 0 radical (unpaired) electrons. The zero-order chi connectivity index (χ0) is 14.5. The average Bonchev–Trinajstić information content (AvgIpc) is 2.42. The molecule has 0 spiro atoms. The summed E-state index contributed by atoms with van der Waals surface area (Å²) in [5.74, 6) is -0.000422. The lowest BCUT2D eigenvalue weighted by Gasteiger charge is -2.33. The van der Waals surface area contributed by atoms with E-state index >= 15 is 0 Å². The topological polar surface area (TPSA) is 52.7 Å². The maximum absolute atomic E-state index is 12.0. The first-order chi connectivity index (χ1) is 9.56. The van der Waals surface area contributed by atoms with Crippen molar-refractivity contribution in [3.05, 3.63) is 29.3 Å². The number of hydrogen-bond donors (Lipinski definition) is 1. The smallest absolute Gasteiger partial charge is 0.238 e. The van der Waals surface area contributed by atoms with E-state index in [1.54, 1.807) is 24.0 Å². The Labute approximate surface area is 123 Å². The predicted molar refractivity (Wildman–Crippen MR) is 78.8 cm³/mol. The van der Waals surface area contributed by atoms with Crippen LogP contribution in [0.3, 0.4) is 0 Å². The van der Waals surface area contributed by atoms with Crippen LogP contribution in [0.5, 0.6) is 0 Å². The first-order valence-corrected chi connectivity index (χ1v) is 6.96. The van der Waals surface area contributed by atoms with E-state index in [2.05, 4.69) is 5.32 Å². The van der Waals surface area contributed by atoms with E-state index in [0.717, 1.165) is 13.1 Å². The molecule has 1 fully saturated rings. The maximum Gasteiger partial charge on any atom is 0.238 e. The van der Waals surface area contributed by atoms with Gasteiger partial charge >= 0.3 is 0 Å². The fourth-order valence-corrected chi connectivity index (χ4v) is 2.36. The van der Waals surface area contributed by atoms with Gasteiger partial charge in [-0.1, -0.05) is 23.7 Å². The van der Waals surface area contributed by atoms with E-state index in [1.165, 1.54) is 0 Å². The van der Waals surface area contributed by atoms with Crippen molar-refractivity contribution in [2.24, 2.45) is 0 Å². The highest BCUT2D eigenvalue weighted by Crippen LogP contribution is 2.20. The first kappa shape index (κ1) is 14.8. The molecule has 1 N–H and O–H groups in total. The number of benzene rings is 1. The number of piperazine rings is 1. The Balaban J connectivity index is 1.81. The summed E-state index contributed by atoms with van der Waals surface area (Å²) in [4.78, 5) is 27.0. The number of carbonyl (C=O) groups excluding carboxylic acids is 2. The van der Waals surface area contributed by atoms with Gasteiger partial charge in [-0.15, -0.1) is 0 Å². The fourth-order valence-electron chi connectivity index (χ4n) is 2.18. The average molecular weight is 296 g/mol. The Kier molecular flexibility index (Phi) is 4.98. The molecule has 1 aromatic carbocycles. The summed E-state index contributed by atoms with van der Waals surface area (Å²) < 4.78 is 0. The predicted octanol–water partition coefficient (Wildman–Crippen LogP) is 1.44. The number of amides is 2. The molecule has 0 aliphatic carbocycles. The Morgan fingerprint density at radius 1 is 1.20 bits per heavy atom. The largest absolute Gasteiger partial charge is 0.340 e. The molecule has 1 aromatic rings. The lowest BCUT2D eigenvalue weighted by atomic mass is 10.3. The summed E-state index contributed by atoms with van der Waals surface area (Å²) >= 11 is 5.99. The third kappa shape index (κ3) is 3.95. The highest BCUT2D eigenvalue weighted by atomic mass is 35.5. The Morgan fingerprint density at radius 2 is 1.85 bits per heavy atom. The molecule has 0 bridgehead atoms. The lowest BCUT2D eigenvalue weighted by Crippen LogP contribution is -2.49. The van der Waals surface area contributed by atoms with Gasteiger partial charge in [0.05, 0.1) is 17.3 Å². The molecule has 2 rings (SSSR count). The van der Waals surface area contributed by atoms with Crippen LogP contribution in [0, 0.1) is 0 Å².